The second-order valence-corrected chi connectivity index (χ2v) is 7.03. The van der Waals surface area contributed by atoms with Gasteiger partial charge in [-0.15, -0.1) is 11.3 Å². The van der Waals surface area contributed by atoms with E-state index >= 15 is 0 Å². The Kier molecular flexibility index (Phi) is 4.44. The van der Waals surface area contributed by atoms with E-state index in [1.54, 1.807) is 18.2 Å². The molecule has 1 amide bonds. The van der Waals surface area contributed by atoms with Gasteiger partial charge in [0.25, 0.3) is 5.91 Å². The number of nitrogens with one attached hydrogen (secondary N) is 1. The van der Waals surface area contributed by atoms with Crippen molar-refractivity contribution >= 4 is 39.9 Å². The number of carbonyl (C=O) groups excluding carboxylic acids is 2. The van der Waals surface area contributed by atoms with Crippen molar-refractivity contribution in [2.45, 2.75) is 12.5 Å². The van der Waals surface area contributed by atoms with Gasteiger partial charge >= 0.3 is 5.97 Å². The summed E-state index contributed by atoms with van der Waals surface area (Å²) in [5.41, 5.74) is 2.79. The van der Waals surface area contributed by atoms with Gasteiger partial charge in [0.15, 0.2) is 11.2 Å². The van der Waals surface area contributed by atoms with Gasteiger partial charge in [-0.2, -0.15) is 0 Å². The summed E-state index contributed by atoms with van der Waals surface area (Å²) in [7, 11) is 0. The zero-order valence-corrected chi connectivity index (χ0v) is 15.0. The first-order valence-electron chi connectivity index (χ1n) is 7.92. The van der Waals surface area contributed by atoms with Crippen molar-refractivity contribution in [2.24, 2.45) is 0 Å². The predicted octanol–water partition coefficient (Wildman–Crippen LogP) is 4.18. The van der Waals surface area contributed by atoms with E-state index in [1.807, 2.05) is 35.7 Å². The van der Waals surface area contributed by atoms with E-state index in [0.717, 1.165) is 11.1 Å². The number of carbonyl (C=O) groups is 2. The Labute approximate surface area is 158 Å². The molecule has 0 spiro atoms. The number of esters is 1. The number of hydrogen-bond acceptors (Lipinski definition) is 5. The maximum absolute atomic E-state index is 12.5. The van der Waals surface area contributed by atoms with Crippen molar-refractivity contribution in [3.05, 3.63) is 70.1 Å². The monoisotopic (exact) mass is 384 g/mol. The van der Waals surface area contributed by atoms with Crippen molar-refractivity contribution in [3.8, 4) is 11.3 Å². The number of ether oxygens (including phenoxy) is 1. The Bertz CT molecular complexity index is 1000. The van der Waals surface area contributed by atoms with Crippen molar-refractivity contribution in [1.29, 1.82) is 0 Å². The van der Waals surface area contributed by atoms with Gasteiger partial charge in [0.05, 0.1) is 11.3 Å². The van der Waals surface area contributed by atoms with Crippen molar-refractivity contribution < 1.29 is 14.3 Å². The number of halogens is 1. The Morgan fingerprint density at radius 3 is 2.69 bits per heavy atom. The van der Waals surface area contributed by atoms with Crippen molar-refractivity contribution in [1.82, 2.24) is 4.98 Å². The number of thiazole rings is 1. The topological polar surface area (TPSA) is 68.3 Å². The number of hydrogen-bond donors (Lipinski definition) is 1. The first kappa shape index (κ1) is 16.8. The Balaban J connectivity index is 1.50. The molecular weight excluding hydrogens is 372 g/mol. The highest BCUT2D eigenvalue weighted by molar-refractivity contribution is 7.14. The van der Waals surface area contributed by atoms with E-state index < -0.39 is 18.0 Å². The van der Waals surface area contributed by atoms with E-state index in [4.69, 9.17) is 16.3 Å². The molecule has 0 radical (unpaired) electrons. The maximum Gasteiger partial charge on any atom is 0.339 e. The molecule has 0 saturated heterocycles. The predicted molar refractivity (Wildman–Crippen MR) is 101 cm³/mol. The van der Waals surface area contributed by atoms with Gasteiger partial charge in [-0.05, 0) is 17.7 Å². The highest BCUT2D eigenvalue weighted by atomic mass is 35.5. The molecule has 1 aliphatic heterocycles. The largest absolute Gasteiger partial charge is 0.448 e. The quantitative estimate of drug-likeness (QED) is 0.688. The molecule has 2 heterocycles. The van der Waals surface area contributed by atoms with Gasteiger partial charge in [0, 0.05) is 22.4 Å². The fourth-order valence-electron chi connectivity index (χ4n) is 2.79. The molecule has 7 heteroatoms. The molecule has 0 saturated carbocycles. The SMILES string of the molecule is O=C1O[C@H](C(=O)Nc2nc(-c3ccccc3Cl)cs2)Cc2ccccc21. The lowest BCUT2D eigenvalue weighted by molar-refractivity contribution is -0.125. The average Bonchev–Trinajstić information content (AvgIpc) is 3.10. The van der Waals surface area contributed by atoms with Crippen LogP contribution in [0.2, 0.25) is 5.02 Å². The fraction of sp³-hybridized carbons (Fsp3) is 0.105. The minimum atomic E-state index is -0.870. The van der Waals surface area contributed by atoms with Crippen LogP contribution in [-0.2, 0) is 16.0 Å². The van der Waals surface area contributed by atoms with E-state index in [1.165, 1.54) is 11.3 Å². The molecule has 4 rings (SSSR count). The molecule has 0 aliphatic carbocycles. The van der Waals surface area contributed by atoms with Gasteiger partial charge in [-0.25, -0.2) is 9.78 Å². The zero-order valence-electron chi connectivity index (χ0n) is 13.4. The first-order chi connectivity index (χ1) is 12.6. The highest BCUT2D eigenvalue weighted by Crippen LogP contribution is 2.30. The summed E-state index contributed by atoms with van der Waals surface area (Å²) in [5, 5.41) is 5.56. The third kappa shape index (κ3) is 3.21. The number of rotatable bonds is 3. The summed E-state index contributed by atoms with van der Waals surface area (Å²) in [4.78, 5) is 28.9. The van der Waals surface area contributed by atoms with Crippen LogP contribution in [0.1, 0.15) is 15.9 Å². The lowest BCUT2D eigenvalue weighted by Gasteiger charge is -2.23. The second-order valence-electron chi connectivity index (χ2n) is 5.76. The van der Waals surface area contributed by atoms with E-state index in [0.29, 0.717) is 27.8 Å². The van der Waals surface area contributed by atoms with Gasteiger partial charge in [0.1, 0.15) is 0 Å². The summed E-state index contributed by atoms with van der Waals surface area (Å²) in [6.07, 6.45) is -0.527. The van der Waals surface area contributed by atoms with Crippen LogP contribution < -0.4 is 5.32 Å². The second kappa shape index (κ2) is 6.90. The van der Waals surface area contributed by atoms with Crippen LogP contribution in [-0.4, -0.2) is 23.0 Å². The minimum Gasteiger partial charge on any atom is -0.448 e. The summed E-state index contributed by atoms with van der Waals surface area (Å²) in [6, 6.07) is 14.5. The third-order valence-electron chi connectivity index (χ3n) is 4.07. The molecule has 1 aromatic heterocycles. The van der Waals surface area contributed by atoms with Crippen LogP contribution in [0.5, 0.6) is 0 Å². The van der Waals surface area contributed by atoms with Crippen LogP contribution in [0, 0.1) is 0 Å². The molecule has 1 atom stereocenters. The molecule has 130 valence electrons. The van der Waals surface area contributed by atoms with Crippen LogP contribution in [0.3, 0.4) is 0 Å². The average molecular weight is 385 g/mol. The molecule has 2 aromatic carbocycles. The summed E-state index contributed by atoms with van der Waals surface area (Å²) >= 11 is 7.47. The Morgan fingerprint density at radius 1 is 1.15 bits per heavy atom. The number of benzene rings is 2. The van der Waals surface area contributed by atoms with Gasteiger partial charge in [-0.1, -0.05) is 48.0 Å². The molecular formula is C19H13ClN2O3S. The number of fused-ring (bicyclic) bond motifs is 1. The van der Waals surface area contributed by atoms with Gasteiger partial charge in [-0.3, -0.25) is 10.1 Å². The lowest BCUT2D eigenvalue weighted by atomic mass is 9.98. The smallest absolute Gasteiger partial charge is 0.339 e. The van der Waals surface area contributed by atoms with Crippen LogP contribution >= 0.6 is 22.9 Å². The van der Waals surface area contributed by atoms with Crippen LogP contribution in [0.4, 0.5) is 5.13 Å². The summed E-state index contributed by atoms with van der Waals surface area (Å²) in [6.45, 7) is 0. The Hall–Kier alpha value is -2.70. The molecule has 0 bridgehead atoms. The molecule has 0 fully saturated rings. The maximum atomic E-state index is 12.5. The highest BCUT2D eigenvalue weighted by Gasteiger charge is 2.31. The van der Waals surface area contributed by atoms with Gasteiger partial charge < -0.3 is 4.74 Å². The van der Waals surface area contributed by atoms with Crippen LogP contribution in [0.25, 0.3) is 11.3 Å². The van der Waals surface area contributed by atoms with E-state index in [2.05, 4.69) is 10.3 Å². The molecule has 1 N–H and O–H groups in total. The van der Waals surface area contributed by atoms with Gasteiger partial charge in [0.2, 0.25) is 0 Å². The van der Waals surface area contributed by atoms with Crippen LogP contribution in [0.15, 0.2) is 53.9 Å². The van der Waals surface area contributed by atoms with E-state index in [-0.39, 0.29) is 0 Å². The molecule has 5 nitrogen and oxygen atoms in total. The summed E-state index contributed by atoms with van der Waals surface area (Å²) in [5.74, 6) is -0.879. The zero-order chi connectivity index (χ0) is 18.1. The summed E-state index contributed by atoms with van der Waals surface area (Å²) < 4.78 is 5.26. The van der Waals surface area contributed by atoms with Crippen molar-refractivity contribution in [2.75, 3.05) is 5.32 Å². The number of amides is 1. The first-order valence-corrected chi connectivity index (χ1v) is 9.18. The Morgan fingerprint density at radius 2 is 1.88 bits per heavy atom. The van der Waals surface area contributed by atoms with E-state index in [9.17, 15) is 9.59 Å². The molecule has 1 aliphatic rings. The number of aromatic nitrogens is 1. The third-order valence-corrected chi connectivity index (χ3v) is 5.16. The standard InChI is InChI=1S/C19H13ClN2O3S/c20-14-8-4-3-7-13(14)15-10-26-19(21-15)22-17(23)16-9-11-5-1-2-6-12(11)18(24)25-16/h1-8,10,16H,9H2,(H,21,22,23)/t16-/m0/s1. The molecule has 26 heavy (non-hydrogen) atoms. The molecule has 0 unspecified atom stereocenters. The fourth-order valence-corrected chi connectivity index (χ4v) is 3.73. The molecule has 3 aromatic rings. The normalized spacial score (nSPS) is 15.9. The number of nitrogens with zero attached hydrogens (tertiary/aromatic N) is 1. The van der Waals surface area contributed by atoms with Crippen molar-refractivity contribution in [3.63, 3.8) is 0 Å². The minimum absolute atomic E-state index is 0.344. The number of cyclic esters (lactones) is 1. The number of anilines is 1. The lowest BCUT2D eigenvalue weighted by Crippen LogP contribution is -2.37.